The molecule has 0 spiro atoms. The molecule has 1 saturated heterocycles. The molecule has 2 heterocycles. The number of hydrogen-bond acceptors (Lipinski definition) is 4. The van der Waals surface area contributed by atoms with Gasteiger partial charge in [-0.05, 0) is 56.8 Å². The van der Waals surface area contributed by atoms with Crippen molar-refractivity contribution in [2.24, 2.45) is 5.92 Å². The van der Waals surface area contributed by atoms with Crippen LogP contribution < -0.4 is 10.1 Å². The Morgan fingerprint density at radius 2 is 2.28 bits per heavy atom. The van der Waals surface area contributed by atoms with Gasteiger partial charge in [0, 0.05) is 37.3 Å². The van der Waals surface area contributed by atoms with E-state index in [9.17, 15) is 4.79 Å². The average molecular weight is 419 g/mol. The molecule has 6 nitrogen and oxygen atoms in total. The summed E-state index contributed by atoms with van der Waals surface area (Å²) in [5, 5.41) is 3.43. The van der Waals surface area contributed by atoms with Crippen molar-refractivity contribution >= 4 is 23.2 Å². The smallest absolute Gasteiger partial charge is 0.224 e. The predicted octanol–water partition coefficient (Wildman–Crippen LogP) is 4.57. The number of likely N-dealkylation sites (tertiary alicyclic amines) is 1. The lowest BCUT2D eigenvalue weighted by molar-refractivity contribution is -0.116. The third-order valence-electron chi connectivity index (χ3n) is 5.56. The minimum atomic E-state index is 0.0269. The topological polar surface area (TPSA) is 70.2 Å². The molecule has 2 aromatic rings. The number of hydrogen-bond donors (Lipinski definition) is 2. The van der Waals surface area contributed by atoms with Crippen LogP contribution in [-0.2, 0) is 17.8 Å². The fraction of sp³-hybridized carbons (Fsp3) is 0.545. The molecule has 1 fully saturated rings. The van der Waals surface area contributed by atoms with Crippen LogP contribution in [0.4, 0.5) is 5.69 Å². The first-order chi connectivity index (χ1) is 14.0. The van der Waals surface area contributed by atoms with Gasteiger partial charge in [-0.25, -0.2) is 4.98 Å². The summed E-state index contributed by atoms with van der Waals surface area (Å²) >= 11 is 6.13. The van der Waals surface area contributed by atoms with Gasteiger partial charge in [0.2, 0.25) is 5.91 Å². The molecule has 29 heavy (non-hydrogen) atoms. The van der Waals surface area contributed by atoms with Crippen LogP contribution in [0.2, 0.25) is 5.02 Å². The Morgan fingerprint density at radius 1 is 1.45 bits per heavy atom. The van der Waals surface area contributed by atoms with Crippen molar-refractivity contribution in [2.45, 2.75) is 52.5 Å². The van der Waals surface area contributed by atoms with E-state index in [0.29, 0.717) is 28.8 Å². The molecule has 0 aliphatic carbocycles. The first-order valence-electron chi connectivity index (χ1n) is 10.4. The molecule has 1 aliphatic heterocycles. The van der Waals surface area contributed by atoms with Crippen LogP contribution in [0, 0.1) is 12.8 Å². The van der Waals surface area contributed by atoms with Gasteiger partial charge < -0.3 is 15.0 Å². The fourth-order valence-electron chi connectivity index (χ4n) is 3.93. The Balaban J connectivity index is 1.47. The molecule has 3 rings (SSSR count). The van der Waals surface area contributed by atoms with Gasteiger partial charge in [0.15, 0.2) is 0 Å². The van der Waals surface area contributed by atoms with E-state index >= 15 is 0 Å². The number of nitrogens with one attached hydrogen (secondary N) is 2. The second kappa shape index (κ2) is 10.1. The number of nitrogens with zero attached hydrogens (tertiary/aromatic N) is 2. The highest BCUT2D eigenvalue weighted by Gasteiger charge is 2.22. The van der Waals surface area contributed by atoms with E-state index in [1.807, 2.05) is 6.07 Å². The second-order valence-corrected chi connectivity index (χ2v) is 8.20. The highest BCUT2D eigenvalue weighted by molar-refractivity contribution is 6.32. The number of methoxy groups -OCH3 is 1. The number of ether oxygens (including phenoxy) is 1. The molecule has 0 bridgehead atoms. The number of aryl methyl sites for hydroxylation is 2. The van der Waals surface area contributed by atoms with Crippen LogP contribution in [0.1, 0.15) is 49.8 Å². The summed E-state index contributed by atoms with van der Waals surface area (Å²) in [5.74, 6) is 2.23. The van der Waals surface area contributed by atoms with E-state index in [1.54, 1.807) is 19.2 Å². The first kappa shape index (κ1) is 21.7. The van der Waals surface area contributed by atoms with Crippen molar-refractivity contribution < 1.29 is 9.53 Å². The molecular formula is C22H31ClN4O2. The summed E-state index contributed by atoms with van der Waals surface area (Å²) in [7, 11) is 1.57. The Hall–Kier alpha value is -2.05. The average Bonchev–Trinajstić information content (AvgIpc) is 3.06. The number of aromatic amines is 1. The standard InChI is InChI=1S/C22H31ClN4O2/c1-4-21-24-15(2)19(26-21)14-27-11-5-6-16(13-27)7-10-22(28)25-17-8-9-20(29-3)18(23)12-17/h8-9,12,16H,4-7,10-11,13-14H2,1-3H3,(H,24,26)(H,25,28)/t16-/m1/s1. The van der Waals surface area contributed by atoms with E-state index in [0.717, 1.165) is 44.0 Å². The minimum absolute atomic E-state index is 0.0269. The maximum absolute atomic E-state index is 12.4. The Bertz CT molecular complexity index is 836. The molecule has 158 valence electrons. The van der Waals surface area contributed by atoms with Crippen molar-refractivity contribution in [1.82, 2.24) is 14.9 Å². The molecule has 1 aromatic heterocycles. The van der Waals surface area contributed by atoms with Crippen molar-refractivity contribution in [3.63, 3.8) is 0 Å². The van der Waals surface area contributed by atoms with E-state index in [-0.39, 0.29) is 5.91 Å². The molecule has 1 amide bonds. The molecule has 7 heteroatoms. The zero-order valence-corrected chi connectivity index (χ0v) is 18.3. The number of H-pyrrole nitrogens is 1. The number of piperidine rings is 1. The Morgan fingerprint density at radius 3 is 2.97 bits per heavy atom. The van der Waals surface area contributed by atoms with Gasteiger partial charge in [-0.15, -0.1) is 0 Å². The lowest BCUT2D eigenvalue weighted by Crippen LogP contribution is -2.35. The van der Waals surface area contributed by atoms with Gasteiger partial charge in [-0.1, -0.05) is 18.5 Å². The summed E-state index contributed by atoms with van der Waals surface area (Å²) < 4.78 is 5.14. The molecule has 1 atom stereocenters. The van der Waals surface area contributed by atoms with Crippen LogP contribution in [-0.4, -0.2) is 41.0 Å². The number of rotatable bonds is 8. The van der Waals surface area contributed by atoms with Crippen molar-refractivity contribution in [1.29, 1.82) is 0 Å². The van der Waals surface area contributed by atoms with Crippen LogP contribution in [0.5, 0.6) is 5.75 Å². The van der Waals surface area contributed by atoms with Crippen LogP contribution in [0.3, 0.4) is 0 Å². The summed E-state index contributed by atoms with van der Waals surface area (Å²) in [6.07, 6.45) is 4.69. The van der Waals surface area contributed by atoms with E-state index in [1.165, 1.54) is 18.5 Å². The molecule has 1 aromatic carbocycles. The fourth-order valence-corrected chi connectivity index (χ4v) is 4.19. The number of carbonyl (C=O) groups excluding carboxylic acids is 1. The molecule has 0 unspecified atom stereocenters. The van der Waals surface area contributed by atoms with E-state index in [2.05, 4.69) is 29.0 Å². The third kappa shape index (κ3) is 5.97. The first-order valence-corrected chi connectivity index (χ1v) is 10.8. The van der Waals surface area contributed by atoms with Crippen LogP contribution in [0.15, 0.2) is 18.2 Å². The zero-order valence-electron chi connectivity index (χ0n) is 17.6. The highest BCUT2D eigenvalue weighted by Crippen LogP contribution is 2.28. The number of carbonyl (C=O) groups is 1. The number of imidazole rings is 1. The molecule has 0 radical (unpaired) electrons. The molecule has 0 saturated carbocycles. The predicted molar refractivity (Wildman–Crippen MR) is 117 cm³/mol. The maximum Gasteiger partial charge on any atom is 0.224 e. The van der Waals surface area contributed by atoms with Gasteiger partial charge in [0.05, 0.1) is 17.8 Å². The number of aromatic nitrogens is 2. The number of halogens is 1. The van der Waals surface area contributed by atoms with E-state index < -0.39 is 0 Å². The normalized spacial score (nSPS) is 17.3. The van der Waals surface area contributed by atoms with Crippen LogP contribution in [0.25, 0.3) is 0 Å². The minimum Gasteiger partial charge on any atom is -0.495 e. The SMILES string of the molecule is CCc1nc(CN2CCC[C@H](CCC(=O)Nc3ccc(OC)c(Cl)c3)C2)c(C)[nH]1. The third-order valence-corrected chi connectivity index (χ3v) is 5.86. The largest absolute Gasteiger partial charge is 0.495 e. The van der Waals surface area contributed by atoms with Crippen LogP contribution >= 0.6 is 11.6 Å². The van der Waals surface area contributed by atoms with Gasteiger partial charge in [0.25, 0.3) is 0 Å². The number of benzene rings is 1. The molecule has 1 aliphatic rings. The monoisotopic (exact) mass is 418 g/mol. The molecular weight excluding hydrogens is 388 g/mol. The van der Waals surface area contributed by atoms with Gasteiger partial charge >= 0.3 is 0 Å². The number of amides is 1. The van der Waals surface area contributed by atoms with Crippen molar-refractivity contribution in [3.8, 4) is 5.75 Å². The Kier molecular flexibility index (Phi) is 7.56. The van der Waals surface area contributed by atoms with Gasteiger partial charge in [-0.3, -0.25) is 9.69 Å². The maximum atomic E-state index is 12.4. The lowest BCUT2D eigenvalue weighted by atomic mass is 9.93. The van der Waals surface area contributed by atoms with Crippen molar-refractivity contribution in [3.05, 3.63) is 40.4 Å². The Labute approximate surface area is 178 Å². The summed E-state index contributed by atoms with van der Waals surface area (Å²) in [6, 6.07) is 5.29. The summed E-state index contributed by atoms with van der Waals surface area (Å²) in [5.41, 5.74) is 3.02. The summed E-state index contributed by atoms with van der Waals surface area (Å²) in [4.78, 5) is 22.9. The second-order valence-electron chi connectivity index (χ2n) is 7.79. The van der Waals surface area contributed by atoms with Gasteiger partial charge in [0.1, 0.15) is 11.6 Å². The zero-order chi connectivity index (χ0) is 20.8. The quantitative estimate of drug-likeness (QED) is 0.658. The van der Waals surface area contributed by atoms with E-state index in [4.69, 9.17) is 21.3 Å². The highest BCUT2D eigenvalue weighted by atomic mass is 35.5. The molecule has 2 N–H and O–H groups in total. The summed E-state index contributed by atoms with van der Waals surface area (Å²) in [6.45, 7) is 7.22. The lowest BCUT2D eigenvalue weighted by Gasteiger charge is -2.32. The van der Waals surface area contributed by atoms with Crippen molar-refractivity contribution in [2.75, 3.05) is 25.5 Å². The van der Waals surface area contributed by atoms with Gasteiger partial charge in [-0.2, -0.15) is 0 Å². The number of anilines is 1.